The van der Waals surface area contributed by atoms with Crippen LogP contribution in [0.25, 0.3) is 11.2 Å². The molecule has 0 N–H and O–H groups in total. The summed E-state index contributed by atoms with van der Waals surface area (Å²) in [4.78, 5) is 34.7. The average molecular weight is 377 g/mol. The normalized spacial score (nSPS) is 16.4. The van der Waals surface area contributed by atoms with Gasteiger partial charge >= 0.3 is 5.69 Å². The Morgan fingerprint density at radius 2 is 1.59 bits per heavy atom. The number of rotatable bonds is 7. The molecule has 150 valence electrons. The lowest BCUT2D eigenvalue weighted by molar-refractivity contribution is 0.128. The van der Waals surface area contributed by atoms with Crippen molar-refractivity contribution in [3.05, 3.63) is 26.7 Å². The van der Waals surface area contributed by atoms with Gasteiger partial charge in [-0.3, -0.25) is 18.8 Å². The third-order valence-corrected chi connectivity index (χ3v) is 5.69. The van der Waals surface area contributed by atoms with Gasteiger partial charge in [0, 0.05) is 46.8 Å². The fraction of sp³-hybridized carbons (Fsp3) is 0.737. The quantitative estimate of drug-likeness (QED) is 0.668. The summed E-state index contributed by atoms with van der Waals surface area (Å²) in [5.41, 5.74) is 0.479. The summed E-state index contributed by atoms with van der Waals surface area (Å²) in [6, 6.07) is 0. The number of unbranched alkanes of at least 4 members (excludes halogenated alkanes) is 2. The van der Waals surface area contributed by atoms with Crippen LogP contribution in [-0.4, -0.2) is 61.2 Å². The number of hydrogen-bond donors (Lipinski definition) is 0. The molecular formula is C19H32N6O2. The van der Waals surface area contributed by atoms with Crippen molar-refractivity contribution in [1.82, 2.24) is 28.5 Å². The number of fused-ring (bicyclic) bond motifs is 1. The number of piperazine rings is 1. The summed E-state index contributed by atoms with van der Waals surface area (Å²) in [5.74, 6) is 0.893. The molecule has 27 heavy (non-hydrogen) atoms. The van der Waals surface area contributed by atoms with Crippen LogP contribution in [0.1, 0.15) is 38.9 Å². The van der Waals surface area contributed by atoms with E-state index in [1.165, 1.54) is 16.2 Å². The molecule has 0 radical (unpaired) electrons. The Balaban J connectivity index is 1.99. The van der Waals surface area contributed by atoms with E-state index in [4.69, 9.17) is 4.98 Å². The maximum atomic E-state index is 12.8. The highest BCUT2D eigenvalue weighted by Crippen LogP contribution is 2.16. The molecule has 2 aromatic heterocycles. The van der Waals surface area contributed by atoms with Crippen molar-refractivity contribution in [3.63, 3.8) is 0 Å². The van der Waals surface area contributed by atoms with Crippen LogP contribution in [0.15, 0.2) is 9.59 Å². The summed E-state index contributed by atoms with van der Waals surface area (Å²) in [7, 11) is 3.23. The van der Waals surface area contributed by atoms with Crippen molar-refractivity contribution in [3.8, 4) is 0 Å². The number of aryl methyl sites for hydroxylation is 2. The Kier molecular flexibility index (Phi) is 6.16. The molecule has 0 saturated carbocycles. The van der Waals surface area contributed by atoms with Crippen LogP contribution in [0.5, 0.6) is 0 Å². The Bertz CT molecular complexity index is 902. The van der Waals surface area contributed by atoms with E-state index in [1.54, 1.807) is 7.05 Å². The zero-order valence-corrected chi connectivity index (χ0v) is 17.1. The fourth-order valence-corrected chi connectivity index (χ4v) is 3.84. The first-order chi connectivity index (χ1) is 13.0. The Hall–Kier alpha value is -1.93. The lowest BCUT2D eigenvalue weighted by Crippen LogP contribution is -2.45. The predicted molar refractivity (Wildman–Crippen MR) is 107 cm³/mol. The molecule has 0 spiro atoms. The van der Waals surface area contributed by atoms with Crippen LogP contribution in [0, 0.1) is 0 Å². The molecule has 1 saturated heterocycles. The van der Waals surface area contributed by atoms with E-state index < -0.39 is 0 Å². The second-order valence-corrected chi connectivity index (χ2v) is 7.48. The summed E-state index contributed by atoms with van der Waals surface area (Å²) in [6.07, 6.45) is 3.24. The molecule has 0 aliphatic carbocycles. The molecule has 2 aromatic rings. The molecule has 0 atom stereocenters. The van der Waals surface area contributed by atoms with Gasteiger partial charge in [0.25, 0.3) is 5.56 Å². The Morgan fingerprint density at radius 1 is 0.926 bits per heavy atom. The van der Waals surface area contributed by atoms with Gasteiger partial charge in [-0.1, -0.05) is 26.7 Å². The van der Waals surface area contributed by atoms with Crippen molar-refractivity contribution >= 4 is 11.2 Å². The number of nitrogens with zero attached hydrogens (tertiary/aromatic N) is 6. The van der Waals surface area contributed by atoms with Crippen LogP contribution in [-0.2, 0) is 27.2 Å². The third-order valence-electron chi connectivity index (χ3n) is 5.69. The van der Waals surface area contributed by atoms with Gasteiger partial charge < -0.3 is 9.47 Å². The van der Waals surface area contributed by atoms with E-state index in [2.05, 4.69) is 28.2 Å². The van der Waals surface area contributed by atoms with Crippen molar-refractivity contribution in [2.45, 2.75) is 46.2 Å². The average Bonchev–Trinajstić information content (AvgIpc) is 3.04. The molecule has 0 unspecified atom stereocenters. The minimum absolute atomic E-state index is 0.251. The highest BCUT2D eigenvalue weighted by molar-refractivity contribution is 5.71. The molecule has 0 bridgehead atoms. The molecule has 1 aliphatic rings. The fourth-order valence-electron chi connectivity index (χ4n) is 3.84. The minimum atomic E-state index is -0.325. The van der Waals surface area contributed by atoms with Crippen LogP contribution < -0.4 is 11.2 Å². The summed E-state index contributed by atoms with van der Waals surface area (Å²) < 4.78 is 4.73. The van der Waals surface area contributed by atoms with Gasteiger partial charge in [0.1, 0.15) is 5.82 Å². The highest BCUT2D eigenvalue weighted by Gasteiger charge is 2.22. The number of hydrogen-bond acceptors (Lipinski definition) is 5. The van der Waals surface area contributed by atoms with Gasteiger partial charge in [0.15, 0.2) is 11.2 Å². The minimum Gasteiger partial charge on any atom is -0.321 e. The smallest absolute Gasteiger partial charge is 0.321 e. The highest BCUT2D eigenvalue weighted by atomic mass is 16.2. The van der Waals surface area contributed by atoms with Gasteiger partial charge in [-0.05, 0) is 13.0 Å². The van der Waals surface area contributed by atoms with Gasteiger partial charge in [-0.15, -0.1) is 0 Å². The molecule has 0 aromatic carbocycles. The molecule has 3 heterocycles. The van der Waals surface area contributed by atoms with Crippen LogP contribution in [0.2, 0.25) is 0 Å². The van der Waals surface area contributed by atoms with Crippen LogP contribution in [0.3, 0.4) is 0 Å². The number of likely N-dealkylation sites (N-methyl/N-ethyl adjacent to an activating group) is 1. The lowest BCUT2D eigenvalue weighted by atomic mass is 10.2. The summed E-state index contributed by atoms with van der Waals surface area (Å²) >= 11 is 0. The van der Waals surface area contributed by atoms with Gasteiger partial charge in [-0.25, -0.2) is 9.78 Å². The zero-order chi connectivity index (χ0) is 19.6. The Labute approximate surface area is 160 Å². The molecule has 1 aliphatic heterocycles. The standard InChI is InChI=1S/C19H32N6O2/c1-5-7-8-9-25-15(14-24-12-10-23(6-2)11-13-24)20-17-16(25)18(26)22(4)19(27)21(17)3/h5-14H2,1-4H3. The first-order valence-corrected chi connectivity index (χ1v) is 10.1. The van der Waals surface area contributed by atoms with Crippen molar-refractivity contribution in [1.29, 1.82) is 0 Å². The monoisotopic (exact) mass is 376 g/mol. The van der Waals surface area contributed by atoms with Crippen molar-refractivity contribution in [2.24, 2.45) is 14.1 Å². The summed E-state index contributed by atoms with van der Waals surface area (Å²) in [6.45, 7) is 11.1. The van der Waals surface area contributed by atoms with Crippen LogP contribution in [0.4, 0.5) is 0 Å². The Morgan fingerprint density at radius 3 is 2.22 bits per heavy atom. The molecule has 8 nitrogen and oxygen atoms in total. The second kappa shape index (κ2) is 8.39. The van der Waals surface area contributed by atoms with Gasteiger partial charge in [0.2, 0.25) is 0 Å². The van der Waals surface area contributed by atoms with E-state index in [1.807, 2.05) is 0 Å². The lowest BCUT2D eigenvalue weighted by Gasteiger charge is -2.33. The zero-order valence-electron chi connectivity index (χ0n) is 17.1. The van der Waals surface area contributed by atoms with E-state index >= 15 is 0 Å². The first kappa shape index (κ1) is 19.8. The maximum Gasteiger partial charge on any atom is 0.332 e. The molecule has 8 heteroatoms. The summed E-state index contributed by atoms with van der Waals surface area (Å²) in [5, 5.41) is 0. The second-order valence-electron chi connectivity index (χ2n) is 7.48. The van der Waals surface area contributed by atoms with Crippen LogP contribution >= 0.6 is 0 Å². The molecule has 0 amide bonds. The van der Waals surface area contributed by atoms with E-state index in [-0.39, 0.29) is 11.2 Å². The number of imidazole rings is 1. The number of aromatic nitrogens is 4. The van der Waals surface area contributed by atoms with Crippen molar-refractivity contribution in [2.75, 3.05) is 32.7 Å². The molecular weight excluding hydrogens is 344 g/mol. The van der Waals surface area contributed by atoms with E-state index in [0.717, 1.165) is 70.9 Å². The van der Waals surface area contributed by atoms with E-state index in [0.29, 0.717) is 11.2 Å². The SMILES string of the molecule is CCCCCn1c(CN2CCN(CC)CC2)nc2c1c(=O)n(C)c(=O)n2C. The third kappa shape index (κ3) is 3.87. The maximum absolute atomic E-state index is 12.8. The van der Waals surface area contributed by atoms with Gasteiger partial charge in [-0.2, -0.15) is 0 Å². The van der Waals surface area contributed by atoms with Crippen molar-refractivity contribution < 1.29 is 0 Å². The first-order valence-electron chi connectivity index (χ1n) is 10.1. The molecule has 1 fully saturated rings. The molecule has 3 rings (SSSR count). The van der Waals surface area contributed by atoms with E-state index in [9.17, 15) is 9.59 Å². The largest absolute Gasteiger partial charge is 0.332 e. The predicted octanol–water partition coefficient (Wildman–Crippen LogP) is 0.761. The van der Waals surface area contributed by atoms with Gasteiger partial charge in [0.05, 0.1) is 6.54 Å². The topological polar surface area (TPSA) is 68.3 Å².